The molecule has 1 N–H and O–H groups in total. The standard InChI is InChI=1S/C16H18N2O3S/c1-3-18(11(2)8-12-5-7-22-10-12)15(19)13-4-6-17-14(9-13)16(20)21/h4-7,9-11H,3,8H2,1-2H3,(H,20,21)/t11-/m1/s1. The normalized spacial score (nSPS) is 11.9. The number of likely N-dealkylation sites (N-methyl/N-ethyl adjacent to an activating group) is 1. The summed E-state index contributed by atoms with van der Waals surface area (Å²) in [4.78, 5) is 29.1. The summed E-state index contributed by atoms with van der Waals surface area (Å²) in [5.41, 5.74) is 1.43. The molecule has 1 atom stereocenters. The fourth-order valence-electron chi connectivity index (χ4n) is 2.36. The summed E-state index contributed by atoms with van der Waals surface area (Å²) in [5, 5.41) is 13.1. The van der Waals surface area contributed by atoms with Gasteiger partial charge in [0.05, 0.1) is 0 Å². The van der Waals surface area contributed by atoms with Crippen molar-refractivity contribution in [3.63, 3.8) is 0 Å². The molecule has 2 rings (SSSR count). The zero-order valence-corrected chi connectivity index (χ0v) is 13.3. The van der Waals surface area contributed by atoms with Crippen molar-refractivity contribution >= 4 is 23.2 Å². The highest BCUT2D eigenvalue weighted by Gasteiger charge is 2.21. The van der Waals surface area contributed by atoms with Crippen molar-refractivity contribution in [2.24, 2.45) is 0 Å². The molecule has 1 amide bonds. The SMILES string of the molecule is CCN(C(=O)c1ccnc(C(=O)O)c1)[C@H](C)Cc1ccsc1. The van der Waals surface area contributed by atoms with Gasteiger partial charge >= 0.3 is 5.97 Å². The summed E-state index contributed by atoms with van der Waals surface area (Å²) in [6.45, 7) is 4.48. The Morgan fingerprint density at radius 2 is 2.18 bits per heavy atom. The lowest BCUT2D eigenvalue weighted by Gasteiger charge is -2.28. The van der Waals surface area contributed by atoms with Crippen molar-refractivity contribution in [2.75, 3.05) is 6.54 Å². The van der Waals surface area contributed by atoms with Gasteiger partial charge in [-0.15, -0.1) is 0 Å². The maximum absolute atomic E-state index is 12.6. The summed E-state index contributed by atoms with van der Waals surface area (Å²) in [6, 6.07) is 4.96. The van der Waals surface area contributed by atoms with Gasteiger partial charge in [0.15, 0.2) is 0 Å². The summed E-state index contributed by atoms with van der Waals surface area (Å²) < 4.78 is 0. The molecule has 0 bridgehead atoms. The van der Waals surface area contributed by atoms with E-state index in [-0.39, 0.29) is 17.6 Å². The first-order valence-electron chi connectivity index (χ1n) is 7.04. The average Bonchev–Trinajstić information content (AvgIpc) is 3.00. The fourth-order valence-corrected chi connectivity index (χ4v) is 3.04. The van der Waals surface area contributed by atoms with E-state index in [1.54, 1.807) is 22.3 Å². The summed E-state index contributed by atoms with van der Waals surface area (Å²) in [7, 11) is 0. The quantitative estimate of drug-likeness (QED) is 0.889. The molecule has 116 valence electrons. The Hall–Kier alpha value is -2.21. The highest BCUT2D eigenvalue weighted by atomic mass is 32.1. The number of aromatic carboxylic acids is 1. The van der Waals surface area contributed by atoms with Crippen LogP contribution in [0.2, 0.25) is 0 Å². The van der Waals surface area contributed by atoms with Crippen LogP contribution >= 0.6 is 11.3 Å². The van der Waals surface area contributed by atoms with E-state index in [4.69, 9.17) is 5.11 Å². The number of amides is 1. The molecular weight excluding hydrogens is 300 g/mol. The maximum atomic E-state index is 12.6. The number of nitrogens with zero attached hydrogens (tertiary/aromatic N) is 2. The smallest absolute Gasteiger partial charge is 0.354 e. The second-order valence-corrected chi connectivity index (χ2v) is 5.79. The van der Waals surface area contributed by atoms with E-state index in [2.05, 4.69) is 16.4 Å². The van der Waals surface area contributed by atoms with Crippen LogP contribution in [0.4, 0.5) is 0 Å². The van der Waals surface area contributed by atoms with Gasteiger partial charge in [0, 0.05) is 24.3 Å². The highest BCUT2D eigenvalue weighted by Crippen LogP contribution is 2.15. The van der Waals surface area contributed by atoms with E-state index < -0.39 is 5.97 Å². The third-order valence-electron chi connectivity index (χ3n) is 3.47. The van der Waals surface area contributed by atoms with Gasteiger partial charge < -0.3 is 10.0 Å². The van der Waals surface area contributed by atoms with Crippen LogP contribution in [0.3, 0.4) is 0 Å². The third kappa shape index (κ3) is 3.71. The number of thiophene rings is 1. The van der Waals surface area contributed by atoms with Crippen molar-refractivity contribution in [2.45, 2.75) is 26.3 Å². The van der Waals surface area contributed by atoms with Gasteiger partial charge in [-0.05, 0) is 54.8 Å². The van der Waals surface area contributed by atoms with Crippen LogP contribution in [0.5, 0.6) is 0 Å². The Labute approximate surface area is 133 Å². The molecule has 2 heterocycles. The number of carbonyl (C=O) groups excluding carboxylic acids is 1. The highest BCUT2D eigenvalue weighted by molar-refractivity contribution is 7.07. The topological polar surface area (TPSA) is 70.5 Å². The lowest BCUT2D eigenvalue weighted by Crippen LogP contribution is -2.39. The second kappa shape index (κ2) is 7.17. The van der Waals surface area contributed by atoms with Crippen molar-refractivity contribution < 1.29 is 14.7 Å². The average molecular weight is 318 g/mol. The Balaban J connectivity index is 2.17. The Morgan fingerprint density at radius 3 is 2.77 bits per heavy atom. The van der Waals surface area contributed by atoms with E-state index in [1.165, 1.54) is 17.8 Å². The summed E-state index contributed by atoms with van der Waals surface area (Å²) >= 11 is 1.63. The monoisotopic (exact) mass is 318 g/mol. The Bertz CT molecular complexity index is 655. The first-order chi connectivity index (χ1) is 10.5. The first-order valence-corrected chi connectivity index (χ1v) is 7.98. The van der Waals surface area contributed by atoms with Gasteiger partial charge in [-0.3, -0.25) is 4.79 Å². The molecule has 6 heteroatoms. The lowest BCUT2D eigenvalue weighted by atomic mass is 10.1. The molecule has 2 aromatic heterocycles. The predicted octanol–water partition coefficient (Wildman–Crippen LogP) is 2.93. The minimum absolute atomic E-state index is 0.0357. The van der Waals surface area contributed by atoms with E-state index in [9.17, 15) is 9.59 Å². The lowest BCUT2D eigenvalue weighted by molar-refractivity contribution is 0.0690. The van der Waals surface area contributed by atoms with E-state index in [0.717, 1.165) is 6.42 Å². The molecule has 0 radical (unpaired) electrons. The minimum Gasteiger partial charge on any atom is -0.477 e. The maximum Gasteiger partial charge on any atom is 0.354 e. The van der Waals surface area contributed by atoms with Crippen LogP contribution in [0.15, 0.2) is 35.2 Å². The van der Waals surface area contributed by atoms with Crippen LogP contribution in [0.25, 0.3) is 0 Å². The van der Waals surface area contributed by atoms with Gasteiger partial charge in [0.2, 0.25) is 0 Å². The van der Waals surface area contributed by atoms with Crippen molar-refractivity contribution in [1.29, 1.82) is 0 Å². The Morgan fingerprint density at radius 1 is 1.41 bits per heavy atom. The van der Waals surface area contributed by atoms with Crippen LogP contribution in [0, 0.1) is 0 Å². The van der Waals surface area contributed by atoms with Gasteiger partial charge in [-0.2, -0.15) is 11.3 Å². The number of carboxylic acids is 1. The number of hydrogen-bond donors (Lipinski definition) is 1. The number of hydrogen-bond acceptors (Lipinski definition) is 4. The second-order valence-electron chi connectivity index (χ2n) is 5.01. The number of carboxylic acid groups (broad SMARTS) is 1. The van der Waals surface area contributed by atoms with Gasteiger partial charge in [0.25, 0.3) is 5.91 Å². The van der Waals surface area contributed by atoms with Crippen molar-refractivity contribution in [3.8, 4) is 0 Å². The van der Waals surface area contributed by atoms with Crippen LogP contribution < -0.4 is 0 Å². The Kier molecular flexibility index (Phi) is 5.27. The molecule has 0 aliphatic rings. The molecule has 0 aliphatic carbocycles. The molecule has 0 fully saturated rings. The van der Waals surface area contributed by atoms with Gasteiger partial charge in [0.1, 0.15) is 5.69 Å². The van der Waals surface area contributed by atoms with Crippen molar-refractivity contribution in [1.82, 2.24) is 9.88 Å². The predicted molar refractivity (Wildman–Crippen MR) is 85.4 cm³/mol. The summed E-state index contributed by atoms with van der Waals surface area (Å²) in [5.74, 6) is -1.31. The van der Waals surface area contributed by atoms with Crippen molar-refractivity contribution in [3.05, 3.63) is 52.0 Å². The number of pyridine rings is 1. The molecule has 0 spiro atoms. The van der Waals surface area contributed by atoms with Gasteiger partial charge in [-0.25, -0.2) is 9.78 Å². The number of aromatic nitrogens is 1. The minimum atomic E-state index is -1.14. The van der Waals surface area contributed by atoms with Crippen LogP contribution in [-0.2, 0) is 6.42 Å². The van der Waals surface area contributed by atoms with E-state index in [0.29, 0.717) is 12.1 Å². The number of rotatable bonds is 6. The molecule has 0 aliphatic heterocycles. The number of carbonyl (C=O) groups is 2. The van der Waals surface area contributed by atoms with E-state index >= 15 is 0 Å². The van der Waals surface area contributed by atoms with Gasteiger partial charge in [-0.1, -0.05) is 0 Å². The fraction of sp³-hybridized carbons (Fsp3) is 0.312. The molecule has 0 saturated heterocycles. The molecule has 2 aromatic rings. The molecule has 0 aromatic carbocycles. The zero-order valence-electron chi connectivity index (χ0n) is 12.5. The first kappa shape index (κ1) is 16.2. The molecule has 0 unspecified atom stereocenters. The largest absolute Gasteiger partial charge is 0.477 e. The molecular formula is C16H18N2O3S. The molecule has 5 nitrogen and oxygen atoms in total. The van der Waals surface area contributed by atoms with Crippen LogP contribution in [0.1, 0.15) is 40.3 Å². The van der Waals surface area contributed by atoms with E-state index in [1.807, 2.05) is 19.2 Å². The summed E-state index contributed by atoms with van der Waals surface area (Å²) in [6.07, 6.45) is 2.13. The zero-order chi connectivity index (χ0) is 16.1. The van der Waals surface area contributed by atoms with Crippen LogP contribution in [-0.4, -0.2) is 39.5 Å². The third-order valence-corrected chi connectivity index (χ3v) is 4.20. The molecule has 0 saturated carbocycles. The molecule has 22 heavy (non-hydrogen) atoms.